The zero-order valence-electron chi connectivity index (χ0n) is 14.9. The number of carbonyl (C=O) groups is 1. The summed E-state index contributed by atoms with van der Waals surface area (Å²) in [6, 6.07) is 6.65. The number of methoxy groups -OCH3 is 1. The number of nitrogens with one attached hydrogen (secondary N) is 1. The monoisotopic (exact) mass is 369 g/mol. The maximum atomic E-state index is 13.9. The zero-order valence-corrected chi connectivity index (χ0v) is 14.9. The Kier molecular flexibility index (Phi) is 5.75. The number of pyridine rings is 1. The van der Waals surface area contributed by atoms with Gasteiger partial charge in [0.25, 0.3) is 0 Å². The third-order valence-electron chi connectivity index (χ3n) is 4.00. The van der Waals surface area contributed by atoms with Crippen LogP contribution in [0, 0.1) is 5.82 Å². The number of anilines is 1. The van der Waals surface area contributed by atoms with E-state index in [1.165, 1.54) is 13.2 Å². The predicted molar refractivity (Wildman–Crippen MR) is 100 cm³/mol. The molecule has 0 aliphatic rings. The predicted octanol–water partition coefficient (Wildman–Crippen LogP) is 2.44. The van der Waals surface area contributed by atoms with Gasteiger partial charge >= 0.3 is 0 Å². The van der Waals surface area contributed by atoms with Crippen LogP contribution in [0.3, 0.4) is 0 Å². The van der Waals surface area contributed by atoms with E-state index >= 15 is 0 Å². The van der Waals surface area contributed by atoms with Crippen molar-refractivity contribution in [1.82, 2.24) is 15.0 Å². The fourth-order valence-corrected chi connectivity index (χ4v) is 2.74. The molecule has 1 aromatic carbocycles. The van der Waals surface area contributed by atoms with Gasteiger partial charge in [-0.1, -0.05) is 6.07 Å². The molecule has 2 heterocycles. The molecule has 3 N–H and O–H groups in total. The van der Waals surface area contributed by atoms with Crippen molar-refractivity contribution in [2.45, 2.75) is 19.3 Å². The summed E-state index contributed by atoms with van der Waals surface area (Å²) in [5.41, 5.74) is 7.98. The Labute approximate surface area is 155 Å². The number of amides is 1. The first-order valence-corrected chi connectivity index (χ1v) is 8.52. The number of benzene rings is 1. The summed E-state index contributed by atoms with van der Waals surface area (Å²) in [6.45, 7) is 0.530. The molecule has 0 saturated carbocycles. The van der Waals surface area contributed by atoms with Gasteiger partial charge < -0.3 is 15.8 Å². The van der Waals surface area contributed by atoms with Crippen molar-refractivity contribution >= 4 is 22.8 Å². The highest BCUT2D eigenvalue weighted by atomic mass is 19.1. The molecule has 0 radical (unpaired) electrons. The normalized spacial score (nSPS) is 10.7. The summed E-state index contributed by atoms with van der Waals surface area (Å²) >= 11 is 0. The van der Waals surface area contributed by atoms with Gasteiger partial charge in [0.05, 0.1) is 12.6 Å². The second-order valence-electron chi connectivity index (χ2n) is 6.03. The van der Waals surface area contributed by atoms with Gasteiger partial charge in [0.1, 0.15) is 5.52 Å². The van der Waals surface area contributed by atoms with Gasteiger partial charge in [0.2, 0.25) is 5.91 Å². The minimum atomic E-state index is -0.416. The van der Waals surface area contributed by atoms with Crippen LogP contribution in [-0.2, 0) is 11.2 Å². The van der Waals surface area contributed by atoms with Gasteiger partial charge in [-0.2, -0.15) is 0 Å². The fourth-order valence-electron chi connectivity index (χ4n) is 2.74. The third kappa shape index (κ3) is 4.66. The van der Waals surface area contributed by atoms with Crippen molar-refractivity contribution in [3.05, 3.63) is 53.7 Å². The maximum Gasteiger partial charge on any atom is 0.217 e. The number of aromatic nitrogens is 3. The largest absolute Gasteiger partial charge is 0.494 e. The summed E-state index contributed by atoms with van der Waals surface area (Å²) in [5.74, 6) is 0.0204. The lowest BCUT2D eigenvalue weighted by atomic mass is 10.1. The van der Waals surface area contributed by atoms with Crippen LogP contribution in [0.15, 0.2) is 36.7 Å². The lowest BCUT2D eigenvalue weighted by Crippen LogP contribution is -2.13. The Morgan fingerprint density at radius 3 is 2.81 bits per heavy atom. The van der Waals surface area contributed by atoms with Gasteiger partial charge in [-0.05, 0) is 30.2 Å². The van der Waals surface area contributed by atoms with Crippen LogP contribution in [0.2, 0.25) is 0 Å². The number of primary amides is 1. The summed E-state index contributed by atoms with van der Waals surface area (Å²) in [5, 5.41) is 3.18. The van der Waals surface area contributed by atoms with Gasteiger partial charge in [-0.3, -0.25) is 9.78 Å². The van der Waals surface area contributed by atoms with Crippen molar-refractivity contribution in [3.8, 4) is 5.75 Å². The second-order valence-corrected chi connectivity index (χ2v) is 6.03. The van der Waals surface area contributed by atoms with Crippen LogP contribution >= 0.6 is 0 Å². The Hall–Kier alpha value is -3.29. The summed E-state index contributed by atoms with van der Waals surface area (Å²) in [4.78, 5) is 24.1. The lowest BCUT2D eigenvalue weighted by Gasteiger charge is -2.11. The van der Waals surface area contributed by atoms with Crippen LogP contribution in [0.4, 0.5) is 10.2 Å². The van der Waals surface area contributed by atoms with E-state index in [2.05, 4.69) is 20.3 Å². The molecule has 0 fully saturated rings. The molecule has 3 aromatic rings. The molecule has 8 heteroatoms. The number of carbonyl (C=O) groups excluding carboxylic acids is 1. The van der Waals surface area contributed by atoms with E-state index in [4.69, 9.17) is 10.5 Å². The maximum absolute atomic E-state index is 13.9. The number of hydrogen-bond acceptors (Lipinski definition) is 6. The number of halogens is 1. The molecule has 0 spiro atoms. The molecule has 1 amide bonds. The Morgan fingerprint density at radius 2 is 2.07 bits per heavy atom. The number of ether oxygens (including phenoxy) is 1. The first-order chi connectivity index (χ1) is 13.1. The molecule has 0 aliphatic carbocycles. The van der Waals surface area contributed by atoms with Crippen LogP contribution in [0.25, 0.3) is 11.0 Å². The van der Waals surface area contributed by atoms with Crippen molar-refractivity contribution in [3.63, 3.8) is 0 Å². The number of fused-ring (bicyclic) bond motifs is 1. The van der Waals surface area contributed by atoms with E-state index in [1.54, 1.807) is 24.5 Å². The molecular weight excluding hydrogens is 349 g/mol. The first kappa shape index (κ1) is 18.5. The Morgan fingerprint density at radius 1 is 1.26 bits per heavy atom. The molecule has 140 valence electrons. The minimum Gasteiger partial charge on any atom is -0.494 e. The fraction of sp³-hybridized carbons (Fsp3) is 0.263. The molecular formula is C19H20FN5O2. The molecule has 2 aromatic heterocycles. The summed E-state index contributed by atoms with van der Waals surface area (Å²) in [6.07, 6.45) is 4.52. The van der Waals surface area contributed by atoms with E-state index in [9.17, 15) is 9.18 Å². The van der Waals surface area contributed by atoms with E-state index < -0.39 is 5.82 Å². The molecule has 3 rings (SSSR count). The molecule has 7 nitrogen and oxygen atoms in total. The van der Waals surface area contributed by atoms with Crippen molar-refractivity contribution in [1.29, 1.82) is 0 Å². The highest BCUT2D eigenvalue weighted by molar-refractivity contribution is 5.85. The van der Waals surface area contributed by atoms with Crippen LogP contribution in [0.5, 0.6) is 5.75 Å². The number of rotatable bonds is 8. The van der Waals surface area contributed by atoms with Gasteiger partial charge in [0, 0.05) is 37.5 Å². The van der Waals surface area contributed by atoms with E-state index in [0.29, 0.717) is 42.7 Å². The molecule has 27 heavy (non-hydrogen) atoms. The topological polar surface area (TPSA) is 103 Å². The van der Waals surface area contributed by atoms with Crippen molar-refractivity contribution < 1.29 is 13.9 Å². The zero-order chi connectivity index (χ0) is 19.2. The quantitative estimate of drug-likeness (QED) is 0.591. The summed E-state index contributed by atoms with van der Waals surface area (Å²) in [7, 11) is 1.43. The number of nitrogens with two attached hydrogens (primary N) is 1. The van der Waals surface area contributed by atoms with Crippen LogP contribution < -0.4 is 15.8 Å². The molecule has 0 aliphatic heterocycles. The van der Waals surface area contributed by atoms with Gasteiger partial charge in [-0.25, -0.2) is 14.4 Å². The Bertz CT molecular complexity index is 964. The molecule has 0 atom stereocenters. The van der Waals surface area contributed by atoms with E-state index in [1.807, 2.05) is 6.07 Å². The third-order valence-corrected chi connectivity index (χ3v) is 4.00. The average molecular weight is 369 g/mol. The first-order valence-electron chi connectivity index (χ1n) is 8.52. The molecule has 0 bridgehead atoms. The minimum absolute atomic E-state index is 0.202. The van der Waals surface area contributed by atoms with Gasteiger partial charge in [0.15, 0.2) is 17.4 Å². The van der Waals surface area contributed by atoms with E-state index in [0.717, 1.165) is 11.3 Å². The van der Waals surface area contributed by atoms with Gasteiger partial charge in [-0.15, -0.1) is 0 Å². The van der Waals surface area contributed by atoms with Crippen LogP contribution in [0.1, 0.15) is 24.1 Å². The second kappa shape index (κ2) is 8.39. The average Bonchev–Trinajstić information content (AvgIpc) is 2.65. The standard InChI is InChI=1S/C19H20FN5O2/c1-27-16-5-4-12(10-14(16)20)9-13-11-15-18(23-8-7-22-15)19(25-13)24-6-2-3-17(21)26/h4-5,7-8,10-11H,2-3,6,9H2,1H3,(H2,21,26)(H,24,25). The van der Waals surface area contributed by atoms with Crippen LogP contribution in [-0.4, -0.2) is 34.5 Å². The summed E-state index contributed by atoms with van der Waals surface area (Å²) < 4.78 is 18.9. The van der Waals surface area contributed by atoms with E-state index in [-0.39, 0.29) is 11.7 Å². The highest BCUT2D eigenvalue weighted by Gasteiger charge is 2.10. The SMILES string of the molecule is COc1ccc(Cc2cc3nccnc3c(NCCCC(N)=O)n2)cc1F. The molecule has 0 saturated heterocycles. The number of nitrogens with zero attached hydrogens (tertiary/aromatic N) is 3. The molecule has 0 unspecified atom stereocenters. The number of hydrogen-bond donors (Lipinski definition) is 2. The smallest absolute Gasteiger partial charge is 0.217 e. The lowest BCUT2D eigenvalue weighted by molar-refractivity contribution is -0.118. The van der Waals surface area contributed by atoms with Crippen molar-refractivity contribution in [2.24, 2.45) is 5.73 Å². The van der Waals surface area contributed by atoms with Crippen molar-refractivity contribution in [2.75, 3.05) is 19.0 Å². The highest BCUT2D eigenvalue weighted by Crippen LogP contribution is 2.23. The Balaban J connectivity index is 1.85.